The van der Waals surface area contributed by atoms with Gasteiger partial charge in [-0.25, -0.2) is 0 Å². The van der Waals surface area contributed by atoms with Gasteiger partial charge >= 0.3 is 0 Å². The third kappa shape index (κ3) is 2.41. The molecule has 3 nitrogen and oxygen atoms in total. The zero-order valence-electron chi connectivity index (χ0n) is 11.0. The number of rotatable bonds is 4. The van der Waals surface area contributed by atoms with Crippen LogP contribution in [0, 0.1) is 0 Å². The Morgan fingerprint density at radius 1 is 1.44 bits per heavy atom. The van der Waals surface area contributed by atoms with E-state index in [0.717, 1.165) is 24.0 Å². The summed E-state index contributed by atoms with van der Waals surface area (Å²) in [5.74, 6) is 0.536. The van der Waals surface area contributed by atoms with Gasteiger partial charge in [0.05, 0.1) is 16.3 Å². The van der Waals surface area contributed by atoms with E-state index in [4.69, 9.17) is 4.42 Å². The van der Waals surface area contributed by atoms with Crippen LogP contribution in [0.15, 0.2) is 21.2 Å². The zero-order valence-corrected chi connectivity index (χ0v) is 12.6. The van der Waals surface area contributed by atoms with Gasteiger partial charge in [-0.3, -0.25) is 9.69 Å². The average Bonchev–Trinajstić information content (AvgIpc) is 2.84. The van der Waals surface area contributed by atoms with Crippen molar-refractivity contribution in [3.05, 3.63) is 22.6 Å². The van der Waals surface area contributed by atoms with Gasteiger partial charge in [-0.2, -0.15) is 0 Å². The maximum atomic E-state index is 12.7. The Morgan fingerprint density at radius 3 is 2.61 bits per heavy atom. The number of halogens is 1. The van der Waals surface area contributed by atoms with E-state index in [2.05, 4.69) is 27.8 Å². The van der Waals surface area contributed by atoms with E-state index in [1.807, 2.05) is 6.92 Å². The zero-order chi connectivity index (χ0) is 13.2. The lowest BCUT2D eigenvalue weighted by Gasteiger charge is -2.41. The van der Waals surface area contributed by atoms with Crippen molar-refractivity contribution in [3.63, 3.8) is 0 Å². The highest BCUT2D eigenvalue weighted by Crippen LogP contribution is 2.30. The third-order valence-electron chi connectivity index (χ3n) is 4.06. The van der Waals surface area contributed by atoms with Crippen LogP contribution in [0.1, 0.15) is 50.1 Å². The Hall–Kier alpha value is -0.610. The first-order valence-corrected chi connectivity index (χ1v) is 7.41. The van der Waals surface area contributed by atoms with Crippen LogP contribution in [0.3, 0.4) is 0 Å². The highest BCUT2D eigenvalue weighted by Gasteiger charge is 2.40. The second-order valence-corrected chi connectivity index (χ2v) is 5.96. The maximum absolute atomic E-state index is 12.7. The van der Waals surface area contributed by atoms with Crippen LogP contribution in [0.4, 0.5) is 0 Å². The molecule has 100 valence electrons. The molecule has 0 aromatic carbocycles. The topological polar surface area (TPSA) is 33.5 Å². The molecule has 1 aliphatic rings. The van der Waals surface area contributed by atoms with Crippen molar-refractivity contribution in [1.82, 2.24) is 4.90 Å². The number of nitrogens with zero attached hydrogens (tertiary/aromatic N) is 1. The number of likely N-dealkylation sites (tertiary alicyclic amines) is 1. The van der Waals surface area contributed by atoms with Crippen LogP contribution in [0.25, 0.3) is 0 Å². The van der Waals surface area contributed by atoms with Crippen LogP contribution in [-0.4, -0.2) is 29.3 Å². The normalized spacial score (nSPS) is 20.6. The number of carbonyl (C=O) groups is 1. The van der Waals surface area contributed by atoms with Gasteiger partial charge in [0.25, 0.3) is 0 Å². The van der Waals surface area contributed by atoms with Crippen molar-refractivity contribution in [2.24, 2.45) is 0 Å². The summed E-state index contributed by atoms with van der Waals surface area (Å²) in [6, 6.07) is 1.78. The first kappa shape index (κ1) is 13.8. The van der Waals surface area contributed by atoms with Crippen molar-refractivity contribution < 1.29 is 9.21 Å². The Morgan fingerprint density at radius 2 is 2.11 bits per heavy atom. The van der Waals surface area contributed by atoms with E-state index in [-0.39, 0.29) is 5.78 Å². The molecule has 1 aromatic heterocycles. The monoisotopic (exact) mass is 313 g/mol. The van der Waals surface area contributed by atoms with Gasteiger partial charge in [-0.15, -0.1) is 0 Å². The smallest absolute Gasteiger partial charge is 0.219 e. The summed E-state index contributed by atoms with van der Waals surface area (Å²) in [4.78, 5) is 15.0. The quantitative estimate of drug-likeness (QED) is 0.791. The van der Waals surface area contributed by atoms with Gasteiger partial charge in [0.15, 0.2) is 5.76 Å². The number of ketones is 1. The van der Waals surface area contributed by atoms with Gasteiger partial charge < -0.3 is 4.42 Å². The molecule has 0 spiro atoms. The molecule has 0 amide bonds. The molecule has 18 heavy (non-hydrogen) atoms. The first-order chi connectivity index (χ1) is 8.59. The van der Waals surface area contributed by atoms with Crippen LogP contribution < -0.4 is 0 Å². The molecule has 0 aliphatic carbocycles. The molecular weight excluding hydrogens is 294 g/mol. The number of furan rings is 1. The van der Waals surface area contributed by atoms with Crippen LogP contribution in [0.2, 0.25) is 0 Å². The molecule has 0 N–H and O–H groups in total. The third-order valence-corrected chi connectivity index (χ3v) is 4.68. The number of Topliss-reactive ketones (excluding diaryl/α,β-unsaturated/α-hetero) is 1. The predicted molar refractivity (Wildman–Crippen MR) is 74.9 cm³/mol. The van der Waals surface area contributed by atoms with E-state index in [9.17, 15) is 4.79 Å². The fourth-order valence-electron chi connectivity index (χ4n) is 2.62. The molecule has 2 heterocycles. The van der Waals surface area contributed by atoms with E-state index >= 15 is 0 Å². The van der Waals surface area contributed by atoms with E-state index in [1.54, 1.807) is 12.3 Å². The summed E-state index contributed by atoms with van der Waals surface area (Å²) in [7, 11) is 0. The molecule has 1 saturated heterocycles. The fraction of sp³-hybridized carbons (Fsp3) is 0.643. The molecule has 0 bridgehead atoms. The minimum atomic E-state index is -0.444. The van der Waals surface area contributed by atoms with Gasteiger partial charge in [-0.1, -0.05) is 13.3 Å². The van der Waals surface area contributed by atoms with Crippen molar-refractivity contribution in [1.29, 1.82) is 0 Å². The summed E-state index contributed by atoms with van der Waals surface area (Å²) >= 11 is 3.38. The maximum Gasteiger partial charge on any atom is 0.219 e. The molecule has 1 fully saturated rings. The minimum Gasteiger partial charge on any atom is -0.460 e. The first-order valence-electron chi connectivity index (χ1n) is 6.62. The van der Waals surface area contributed by atoms with Gasteiger partial charge in [0.2, 0.25) is 5.78 Å². The SMILES string of the molecule is CCC(C)(C(=O)c1occc1Br)N1CCCCC1. The van der Waals surface area contributed by atoms with Crippen LogP contribution in [0.5, 0.6) is 0 Å². The number of carbonyl (C=O) groups excluding carboxylic acids is 1. The van der Waals surface area contributed by atoms with E-state index in [1.165, 1.54) is 19.3 Å². The van der Waals surface area contributed by atoms with Crippen molar-refractivity contribution in [2.75, 3.05) is 13.1 Å². The van der Waals surface area contributed by atoms with E-state index < -0.39 is 5.54 Å². The molecule has 1 unspecified atom stereocenters. The lowest BCUT2D eigenvalue weighted by molar-refractivity contribution is 0.0477. The largest absolute Gasteiger partial charge is 0.460 e. The lowest BCUT2D eigenvalue weighted by atomic mass is 9.87. The van der Waals surface area contributed by atoms with Crippen molar-refractivity contribution >= 4 is 21.7 Å². The summed E-state index contributed by atoms with van der Waals surface area (Å²) in [6.45, 7) is 6.13. The van der Waals surface area contributed by atoms with Gasteiger partial charge in [0, 0.05) is 0 Å². The standard InChI is InChI=1S/C14H20BrNO2/c1-3-14(2,16-8-5-4-6-9-16)13(17)12-11(15)7-10-18-12/h7,10H,3-6,8-9H2,1-2H3. The molecule has 4 heteroatoms. The average molecular weight is 314 g/mol. The Bertz CT molecular complexity index is 423. The Balaban J connectivity index is 2.26. The highest BCUT2D eigenvalue weighted by molar-refractivity contribution is 9.10. The highest BCUT2D eigenvalue weighted by atomic mass is 79.9. The molecule has 1 atom stereocenters. The van der Waals surface area contributed by atoms with Crippen LogP contribution >= 0.6 is 15.9 Å². The fourth-order valence-corrected chi connectivity index (χ4v) is 3.00. The summed E-state index contributed by atoms with van der Waals surface area (Å²) < 4.78 is 6.10. The van der Waals surface area contributed by atoms with Gasteiger partial charge in [0.1, 0.15) is 0 Å². The van der Waals surface area contributed by atoms with E-state index in [0.29, 0.717) is 5.76 Å². The summed E-state index contributed by atoms with van der Waals surface area (Å²) in [5, 5.41) is 0. The molecule has 2 rings (SSSR count). The summed E-state index contributed by atoms with van der Waals surface area (Å²) in [6.07, 6.45) is 6.00. The molecule has 1 aromatic rings. The summed E-state index contributed by atoms with van der Waals surface area (Å²) in [5.41, 5.74) is -0.444. The lowest BCUT2D eigenvalue weighted by Crippen LogP contribution is -2.53. The molecule has 1 aliphatic heterocycles. The number of piperidine rings is 1. The molecule has 0 radical (unpaired) electrons. The second-order valence-electron chi connectivity index (χ2n) is 5.10. The van der Waals surface area contributed by atoms with Gasteiger partial charge in [-0.05, 0) is 61.3 Å². The molecular formula is C14H20BrNO2. The Labute approximate surface area is 117 Å². The van der Waals surface area contributed by atoms with Crippen LogP contribution in [-0.2, 0) is 0 Å². The number of hydrogen-bond acceptors (Lipinski definition) is 3. The number of hydrogen-bond donors (Lipinski definition) is 0. The van der Waals surface area contributed by atoms with Crippen molar-refractivity contribution in [3.8, 4) is 0 Å². The minimum absolute atomic E-state index is 0.0868. The predicted octanol–water partition coefficient (Wildman–Crippen LogP) is 3.88. The van der Waals surface area contributed by atoms with Crippen molar-refractivity contribution in [2.45, 2.75) is 45.1 Å². The molecule has 0 saturated carbocycles. The Kier molecular flexibility index (Phi) is 4.28. The second kappa shape index (κ2) is 5.57.